The van der Waals surface area contributed by atoms with Crippen LogP contribution in [0.15, 0.2) is 174 Å². The first-order valence-corrected chi connectivity index (χ1v) is 21.1. The van der Waals surface area contributed by atoms with E-state index in [4.69, 9.17) is 9.98 Å². The van der Waals surface area contributed by atoms with Crippen LogP contribution in [0.5, 0.6) is 0 Å². The van der Waals surface area contributed by atoms with Gasteiger partial charge in [-0.25, -0.2) is 31.9 Å². The van der Waals surface area contributed by atoms with Gasteiger partial charge in [0.2, 0.25) is 0 Å². The van der Waals surface area contributed by atoms with Crippen LogP contribution in [-0.4, -0.2) is 11.4 Å². The van der Waals surface area contributed by atoms with Crippen molar-refractivity contribution in [2.45, 2.75) is 51.4 Å². The molecule has 0 aromatic heterocycles. The van der Waals surface area contributed by atoms with E-state index in [0.717, 1.165) is 38.7 Å². The van der Waals surface area contributed by atoms with E-state index in [1.807, 2.05) is 24.3 Å². The maximum absolute atomic E-state index is 16.9. The van der Waals surface area contributed by atoms with Gasteiger partial charge in [-0.05, 0) is 122 Å². The number of para-hydroxylation sites is 1. The minimum Gasteiger partial charge on any atom is -0.245 e. The van der Waals surface area contributed by atoms with Crippen molar-refractivity contribution in [3.8, 4) is 0 Å². The van der Waals surface area contributed by atoms with Gasteiger partial charge in [0.1, 0.15) is 29.1 Å². The summed E-state index contributed by atoms with van der Waals surface area (Å²) in [4.78, 5) is 11.3. The fourth-order valence-electron chi connectivity index (χ4n) is 9.02. The number of aliphatic imine (C=N–C) groups is 2. The van der Waals surface area contributed by atoms with Crippen LogP contribution in [0.2, 0.25) is 0 Å². The fraction of sp³-hybridized carbons (Fsp3) is 0.143. The van der Waals surface area contributed by atoms with E-state index in [-0.39, 0.29) is 11.8 Å². The molecule has 0 amide bonds. The molecule has 1 aliphatic carbocycles. The molecule has 312 valence electrons. The summed E-state index contributed by atoms with van der Waals surface area (Å²) < 4.78 is 75.4. The van der Waals surface area contributed by atoms with Gasteiger partial charge in [0.05, 0.1) is 22.8 Å². The maximum Gasteiger partial charge on any atom is 0.123 e. The number of benzene rings is 8. The lowest BCUT2D eigenvalue weighted by Crippen LogP contribution is -2.14. The molecule has 0 atom stereocenters. The van der Waals surface area contributed by atoms with Crippen molar-refractivity contribution >= 4 is 33.6 Å². The Morgan fingerprint density at radius 2 is 0.667 bits per heavy atom. The zero-order valence-corrected chi connectivity index (χ0v) is 35.2. The highest BCUT2D eigenvalue weighted by Crippen LogP contribution is 2.47. The predicted octanol–water partition coefficient (Wildman–Crippen LogP) is 15.4. The third kappa shape index (κ3) is 8.00. The smallest absolute Gasteiger partial charge is 0.123 e. The van der Waals surface area contributed by atoms with Gasteiger partial charge in [0, 0.05) is 28.3 Å². The molecule has 0 bridgehead atoms. The Morgan fingerprint density at radius 3 is 1.00 bits per heavy atom. The van der Waals surface area contributed by atoms with Gasteiger partial charge in [-0.1, -0.05) is 131 Å². The minimum atomic E-state index is -0.781. The normalized spacial score (nSPS) is 13.8. The van der Waals surface area contributed by atoms with E-state index < -0.39 is 40.9 Å². The van der Waals surface area contributed by atoms with Crippen LogP contribution in [0.4, 0.5) is 33.3 Å². The van der Waals surface area contributed by atoms with Crippen LogP contribution < -0.4 is 0 Å². The van der Waals surface area contributed by atoms with Crippen molar-refractivity contribution in [2.24, 2.45) is 9.98 Å². The maximum atomic E-state index is 16.9. The number of rotatable bonds is 10. The lowest BCUT2D eigenvalue weighted by atomic mass is 9.79. The molecule has 63 heavy (non-hydrogen) atoms. The Balaban J connectivity index is 1.43. The van der Waals surface area contributed by atoms with Crippen LogP contribution in [0.1, 0.15) is 107 Å². The molecule has 0 aliphatic heterocycles. The molecule has 0 saturated heterocycles. The summed E-state index contributed by atoms with van der Waals surface area (Å²) in [6, 6.07) is 45.1. The molecule has 0 heterocycles. The summed E-state index contributed by atoms with van der Waals surface area (Å²) in [6.07, 6.45) is 0. The fourth-order valence-corrected chi connectivity index (χ4v) is 9.02. The topological polar surface area (TPSA) is 24.7 Å². The van der Waals surface area contributed by atoms with Crippen LogP contribution in [0.3, 0.4) is 0 Å². The molecule has 0 radical (unpaired) electrons. The van der Waals surface area contributed by atoms with Gasteiger partial charge < -0.3 is 0 Å². The Kier molecular flexibility index (Phi) is 11.2. The van der Waals surface area contributed by atoms with Crippen LogP contribution in [0.25, 0.3) is 10.8 Å². The highest BCUT2D eigenvalue weighted by molar-refractivity contribution is 6.61. The van der Waals surface area contributed by atoms with Crippen LogP contribution >= 0.6 is 0 Å². The van der Waals surface area contributed by atoms with Gasteiger partial charge in [0.15, 0.2) is 0 Å². The van der Waals surface area contributed by atoms with Gasteiger partial charge in [-0.2, -0.15) is 0 Å². The minimum absolute atomic E-state index is 0.151. The molecule has 0 spiro atoms. The third-order valence-electron chi connectivity index (χ3n) is 12.0. The number of nitrogens with zero attached hydrogens (tertiary/aromatic N) is 2. The van der Waals surface area contributed by atoms with E-state index in [9.17, 15) is 17.6 Å². The van der Waals surface area contributed by atoms with E-state index in [1.54, 1.807) is 48.5 Å². The second-order valence-corrected chi connectivity index (χ2v) is 16.7. The summed E-state index contributed by atoms with van der Waals surface area (Å²) in [6.45, 7) is 8.59. The molecule has 8 aromatic carbocycles. The van der Waals surface area contributed by atoms with Gasteiger partial charge >= 0.3 is 0 Å². The van der Waals surface area contributed by atoms with Crippen molar-refractivity contribution in [2.75, 3.05) is 0 Å². The van der Waals surface area contributed by atoms with Gasteiger partial charge in [-0.3, -0.25) is 0 Å². The highest BCUT2D eigenvalue weighted by Gasteiger charge is 2.33. The standard InChI is InChI=1S/C56H43F5N2/c1-32(2)44-10-7-11-45(33(3)4)53(44)62-55-46-12-5-8-34-9-6-13-47(52(34)46)56(55)63-54-48(50(35-14-22-39(57)23-15-35)36-16-24-40(58)25-17-36)30-43(61)31-49(54)51(37-18-26-41(59)27-19-37)38-20-28-42(60)29-21-38/h5-33,50-51H,1-4H3. The van der Waals surface area contributed by atoms with Crippen molar-refractivity contribution < 1.29 is 22.0 Å². The summed E-state index contributed by atoms with van der Waals surface area (Å²) in [5.41, 5.74) is 9.59. The number of hydrogen-bond acceptors (Lipinski definition) is 2. The summed E-state index contributed by atoms with van der Waals surface area (Å²) in [5.74, 6) is -3.67. The highest BCUT2D eigenvalue weighted by atomic mass is 19.1. The van der Waals surface area contributed by atoms with Crippen molar-refractivity contribution in [3.63, 3.8) is 0 Å². The first kappa shape index (κ1) is 41.4. The first-order chi connectivity index (χ1) is 30.4. The quantitative estimate of drug-likeness (QED) is 0.0968. The van der Waals surface area contributed by atoms with E-state index in [2.05, 4.69) is 58.0 Å². The van der Waals surface area contributed by atoms with Crippen LogP contribution in [-0.2, 0) is 0 Å². The Hall–Kier alpha value is -6.99. The molecule has 0 unspecified atom stereocenters. The second-order valence-electron chi connectivity index (χ2n) is 16.7. The number of hydrogen-bond donors (Lipinski definition) is 0. The summed E-state index contributed by atoms with van der Waals surface area (Å²) in [5, 5.41) is 1.97. The zero-order chi connectivity index (χ0) is 43.9. The third-order valence-corrected chi connectivity index (χ3v) is 12.0. The molecule has 0 saturated carbocycles. The number of halogens is 5. The Morgan fingerprint density at radius 1 is 0.349 bits per heavy atom. The van der Waals surface area contributed by atoms with E-state index in [0.29, 0.717) is 50.5 Å². The molecular formula is C56H43F5N2. The average molecular weight is 839 g/mol. The van der Waals surface area contributed by atoms with Crippen LogP contribution in [0, 0.1) is 29.1 Å². The van der Waals surface area contributed by atoms with Gasteiger partial charge in [0.25, 0.3) is 0 Å². The first-order valence-electron chi connectivity index (χ1n) is 21.1. The monoisotopic (exact) mass is 838 g/mol. The van der Waals surface area contributed by atoms with E-state index >= 15 is 4.39 Å². The van der Waals surface area contributed by atoms with Crippen molar-refractivity contribution in [1.82, 2.24) is 0 Å². The Labute approximate surface area is 364 Å². The lowest BCUT2D eigenvalue weighted by molar-refractivity contribution is 0.618. The molecule has 1 aliphatic rings. The summed E-state index contributed by atoms with van der Waals surface area (Å²) >= 11 is 0. The predicted molar refractivity (Wildman–Crippen MR) is 245 cm³/mol. The van der Waals surface area contributed by atoms with Gasteiger partial charge in [-0.15, -0.1) is 0 Å². The molecular weight excluding hydrogens is 796 g/mol. The average Bonchev–Trinajstić information content (AvgIpc) is 3.57. The molecule has 2 nitrogen and oxygen atoms in total. The van der Waals surface area contributed by atoms with Crippen molar-refractivity contribution in [3.05, 3.63) is 249 Å². The SMILES string of the molecule is CC(C)c1cccc(C(C)C)c1N=C1C(=Nc2c(C(c3ccc(F)cc3)c3ccc(F)cc3)cc(F)cc2C(c2ccc(F)cc2)c2ccc(F)cc2)c2cccc3cccc1c23. The lowest BCUT2D eigenvalue weighted by Gasteiger charge is -2.27. The molecule has 8 aromatic rings. The molecule has 9 rings (SSSR count). The second kappa shape index (κ2) is 17.1. The molecule has 0 N–H and O–H groups in total. The summed E-state index contributed by atoms with van der Waals surface area (Å²) in [7, 11) is 0. The largest absolute Gasteiger partial charge is 0.245 e. The molecule has 0 fully saturated rings. The zero-order valence-electron chi connectivity index (χ0n) is 35.2. The Bertz CT molecular complexity index is 2800. The van der Waals surface area contributed by atoms with E-state index in [1.165, 1.54) is 60.7 Å². The molecule has 7 heteroatoms. The van der Waals surface area contributed by atoms with Crippen molar-refractivity contribution in [1.29, 1.82) is 0 Å².